The number of aryl methyl sites for hydroxylation is 1. The van der Waals surface area contributed by atoms with Crippen molar-refractivity contribution < 1.29 is 22.7 Å². The number of ether oxygens (including phenoxy) is 2. The van der Waals surface area contributed by atoms with Gasteiger partial charge in [0.2, 0.25) is 0 Å². The van der Waals surface area contributed by atoms with Gasteiger partial charge in [-0.1, -0.05) is 41.4 Å². The smallest absolute Gasteiger partial charge is 0.261 e. The predicted molar refractivity (Wildman–Crippen MR) is 122 cm³/mol. The van der Waals surface area contributed by atoms with E-state index in [0.29, 0.717) is 18.1 Å². The zero-order chi connectivity index (χ0) is 22.7. The van der Waals surface area contributed by atoms with Crippen molar-refractivity contribution in [1.29, 1.82) is 0 Å². The number of para-hydroxylation sites is 2. The predicted octanol–water partition coefficient (Wildman–Crippen LogP) is 4.02. The first-order valence-corrected chi connectivity index (χ1v) is 11.7. The zero-order valence-corrected chi connectivity index (χ0v) is 18.7. The quantitative estimate of drug-likeness (QED) is 0.565. The Kier molecular flexibility index (Phi) is 6.25. The monoisotopic (exact) mass is 472 g/mol. The van der Waals surface area contributed by atoms with E-state index in [1.807, 2.05) is 25.1 Å². The van der Waals surface area contributed by atoms with Crippen molar-refractivity contribution in [1.82, 2.24) is 5.32 Å². The van der Waals surface area contributed by atoms with Crippen molar-refractivity contribution in [2.24, 2.45) is 0 Å². The van der Waals surface area contributed by atoms with E-state index < -0.39 is 15.9 Å². The van der Waals surface area contributed by atoms with Crippen LogP contribution in [0, 0.1) is 6.92 Å². The molecule has 0 aromatic heterocycles. The molecule has 0 aliphatic carbocycles. The second kappa shape index (κ2) is 9.10. The molecule has 0 saturated carbocycles. The minimum atomic E-state index is -3.80. The van der Waals surface area contributed by atoms with E-state index in [0.717, 1.165) is 5.56 Å². The fraction of sp³-hybridized carbons (Fsp3) is 0.174. The van der Waals surface area contributed by atoms with E-state index in [-0.39, 0.29) is 33.8 Å². The summed E-state index contributed by atoms with van der Waals surface area (Å²) in [5.41, 5.74) is 1.32. The summed E-state index contributed by atoms with van der Waals surface area (Å²) in [7, 11) is -3.80. The van der Waals surface area contributed by atoms with Gasteiger partial charge in [0.15, 0.2) is 11.5 Å². The molecule has 0 saturated heterocycles. The van der Waals surface area contributed by atoms with Crippen LogP contribution in [0.3, 0.4) is 0 Å². The van der Waals surface area contributed by atoms with Crippen molar-refractivity contribution >= 4 is 33.2 Å². The summed E-state index contributed by atoms with van der Waals surface area (Å²) in [6, 6.07) is 18.1. The van der Waals surface area contributed by atoms with Crippen molar-refractivity contribution in [3.63, 3.8) is 0 Å². The third-order valence-electron chi connectivity index (χ3n) is 4.85. The lowest BCUT2D eigenvalue weighted by atomic mass is 10.2. The van der Waals surface area contributed by atoms with Crippen LogP contribution in [0.25, 0.3) is 0 Å². The average molecular weight is 473 g/mol. The van der Waals surface area contributed by atoms with Gasteiger partial charge in [-0.05, 0) is 49.4 Å². The fourth-order valence-corrected chi connectivity index (χ4v) is 4.41. The Labute approximate surface area is 191 Å². The highest BCUT2D eigenvalue weighted by molar-refractivity contribution is 7.92. The highest BCUT2D eigenvalue weighted by Gasteiger charge is 2.22. The number of hydrogen-bond donors (Lipinski definition) is 2. The van der Waals surface area contributed by atoms with E-state index in [2.05, 4.69) is 10.0 Å². The summed E-state index contributed by atoms with van der Waals surface area (Å²) in [6.07, 6.45) is -0.365. The molecule has 3 aromatic rings. The normalized spacial score (nSPS) is 15.1. The van der Waals surface area contributed by atoms with E-state index in [9.17, 15) is 13.2 Å². The summed E-state index contributed by atoms with van der Waals surface area (Å²) in [4.78, 5) is 12.8. The largest absolute Gasteiger partial charge is 0.486 e. The van der Waals surface area contributed by atoms with Crippen molar-refractivity contribution in [2.75, 3.05) is 17.9 Å². The minimum absolute atomic E-state index is 0.124. The van der Waals surface area contributed by atoms with Crippen LogP contribution < -0.4 is 19.5 Å². The summed E-state index contributed by atoms with van der Waals surface area (Å²) >= 11 is 6.19. The van der Waals surface area contributed by atoms with Crippen LogP contribution in [0.2, 0.25) is 5.02 Å². The van der Waals surface area contributed by atoms with Gasteiger partial charge in [-0.3, -0.25) is 9.52 Å². The molecule has 0 bridgehead atoms. The summed E-state index contributed by atoms with van der Waals surface area (Å²) in [5, 5.41) is 2.96. The summed E-state index contributed by atoms with van der Waals surface area (Å²) < 4.78 is 39.2. The highest BCUT2D eigenvalue weighted by Crippen LogP contribution is 2.30. The molecule has 2 N–H and O–H groups in total. The zero-order valence-electron chi connectivity index (χ0n) is 17.2. The van der Waals surface area contributed by atoms with Crippen LogP contribution in [-0.4, -0.2) is 33.6 Å². The standard InChI is InChI=1S/C23H21ClN2O5S/c1-15-6-9-18(10-7-15)32(28,29)26-16-8-11-20(24)19(12-16)23(27)25-13-17-14-30-21-4-2-3-5-22(21)31-17/h2-12,17,26H,13-14H2,1H3,(H,25,27). The van der Waals surface area contributed by atoms with E-state index >= 15 is 0 Å². The number of carbonyl (C=O) groups is 1. The molecule has 1 aliphatic rings. The van der Waals surface area contributed by atoms with Crippen LogP contribution in [0.4, 0.5) is 5.69 Å². The molecule has 0 spiro atoms. The number of nitrogens with one attached hydrogen (secondary N) is 2. The Morgan fingerprint density at radius 1 is 1.06 bits per heavy atom. The molecule has 3 aromatic carbocycles. The number of benzene rings is 3. The van der Waals surface area contributed by atoms with Crippen LogP contribution in [0.1, 0.15) is 15.9 Å². The van der Waals surface area contributed by atoms with E-state index in [1.165, 1.54) is 30.3 Å². The van der Waals surface area contributed by atoms with E-state index in [1.54, 1.807) is 18.2 Å². The first kappa shape index (κ1) is 22.0. The van der Waals surface area contributed by atoms with Gasteiger partial charge in [0, 0.05) is 5.69 Å². The molecule has 1 unspecified atom stereocenters. The molecule has 0 radical (unpaired) electrons. The van der Waals surface area contributed by atoms with E-state index in [4.69, 9.17) is 21.1 Å². The molecule has 1 aliphatic heterocycles. The highest BCUT2D eigenvalue weighted by atomic mass is 35.5. The average Bonchev–Trinajstić information content (AvgIpc) is 2.78. The van der Waals surface area contributed by atoms with Crippen LogP contribution in [0.5, 0.6) is 11.5 Å². The molecule has 1 amide bonds. The topological polar surface area (TPSA) is 93.7 Å². The third kappa shape index (κ3) is 4.98. The van der Waals surface area contributed by atoms with Gasteiger partial charge in [0.05, 0.1) is 22.0 Å². The second-order valence-electron chi connectivity index (χ2n) is 7.32. The second-order valence-corrected chi connectivity index (χ2v) is 9.41. The Morgan fingerprint density at radius 2 is 1.78 bits per heavy atom. The molecule has 166 valence electrons. The fourth-order valence-electron chi connectivity index (χ4n) is 3.16. The van der Waals surface area contributed by atoms with Crippen molar-refractivity contribution in [3.8, 4) is 11.5 Å². The molecule has 9 heteroatoms. The number of sulfonamides is 1. The Balaban J connectivity index is 1.43. The van der Waals surface area contributed by atoms with Gasteiger partial charge < -0.3 is 14.8 Å². The molecule has 32 heavy (non-hydrogen) atoms. The lowest BCUT2D eigenvalue weighted by Crippen LogP contribution is -2.40. The first-order valence-electron chi connectivity index (χ1n) is 9.87. The van der Waals surface area contributed by atoms with Gasteiger partial charge >= 0.3 is 0 Å². The van der Waals surface area contributed by atoms with Gasteiger partial charge in [-0.15, -0.1) is 0 Å². The molecule has 1 heterocycles. The third-order valence-corrected chi connectivity index (χ3v) is 6.58. The lowest BCUT2D eigenvalue weighted by Gasteiger charge is -2.26. The molecular weight excluding hydrogens is 452 g/mol. The lowest BCUT2D eigenvalue weighted by molar-refractivity contribution is 0.0789. The first-order chi connectivity index (χ1) is 15.3. The van der Waals surface area contributed by atoms with Crippen molar-refractivity contribution in [3.05, 3.63) is 82.9 Å². The van der Waals surface area contributed by atoms with Gasteiger partial charge in [0.1, 0.15) is 12.7 Å². The summed E-state index contributed by atoms with van der Waals surface area (Å²) in [5.74, 6) is 0.823. The number of halogens is 1. The molecular formula is C23H21ClN2O5S. The summed E-state index contributed by atoms with van der Waals surface area (Å²) in [6.45, 7) is 2.36. The number of amides is 1. The maximum absolute atomic E-state index is 12.7. The number of rotatable bonds is 6. The molecule has 4 rings (SSSR count). The maximum Gasteiger partial charge on any atom is 0.261 e. The molecule has 1 atom stereocenters. The Morgan fingerprint density at radius 3 is 2.53 bits per heavy atom. The SMILES string of the molecule is Cc1ccc(S(=O)(=O)Nc2ccc(Cl)c(C(=O)NCC3COc4ccccc4O3)c2)cc1. The van der Waals surface area contributed by atoms with Gasteiger partial charge in [-0.25, -0.2) is 8.42 Å². The number of carbonyl (C=O) groups excluding carboxylic acids is 1. The molecule has 7 nitrogen and oxygen atoms in total. The number of anilines is 1. The van der Waals surface area contributed by atoms with Crippen molar-refractivity contribution in [2.45, 2.75) is 17.9 Å². The molecule has 0 fully saturated rings. The maximum atomic E-state index is 12.7. The number of fused-ring (bicyclic) bond motifs is 1. The Hall–Kier alpha value is -3.23. The number of hydrogen-bond acceptors (Lipinski definition) is 5. The van der Waals surface area contributed by atoms with Crippen LogP contribution >= 0.6 is 11.6 Å². The Bertz CT molecular complexity index is 1250. The minimum Gasteiger partial charge on any atom is -0.486 e. The van der Waals surface area contributed by atoms with Crippen LogP contribution in [0.15, 0.2) is 71.6 Å². The van der Waals surface area contributed by atoms with Crippen LogP contribution in [-0.2, 0) is 10.0 Å². The van der Waals surface area contributed by atoms with Gasteiger partial charge in [0.25, 0.3) is 15.9 Å². The van der Waals surface area contributed by atoms with Gasteiger partial charge in [-0.2, -0.15) is 0 Å².